The van der Waals surface area contributed by atoms with Gasteiger partial charge in [0.2, 0.25) is 5.91 Å². The van der Waals surface area contributed by atoms with Crippen LogP contribution in [0.1, 0.15) is 6.92 Å². The van der Waals surface area contributed by atoms with Crippen LogP contribution in [0.2, 0.25) is 5.02 Å². The number of thioether (sulfide) groups is 1. The number of amides is 1. The summed E-state index contributed by atoms with van der Waals surface area (Å²) in [6.07, 6.45) is 1.79. The predicted octanol–water partition coefficient (Wildman–Crippen LogP) is 4.97. The van der Waals surface area contributed by atoms with E-state index in [9.17, 15) is 4.79 Å². The summed E-state index contributed by atoms with van der Waals surface area (Å²) >= 11 is 8.92. The van der Waals surface area contributed by atoms with Crippen LogP contribution in [0, 0.1) is 0 Å². The Balaban J connectivity index is 1.75. The lowest BCUT2D eigenvalue weighted by Crippen LogP contribution is -2.23. The second-order valence-corrected chi connectivity index (χ2v) is 8.13. The number of hydrogen-bond acceptors (Lipinski definition) is 5. The standard InChI is InChI=1S/C18H17ClN4OS2/c1-3-9-23-16(15-8-5-10-25-15)21-22-18(23)26-12(2)17(24)20-14-7-4-6-13(19)11-14/h3-8,10-12H,1,9H2,2H3,(H,20,24). The van der Waals surface area contributed by atoms with E-state index in [0.717, 1.165) is 10.7 Å². The molecular weight excluding hydrogens is 388 g/mol. The molecule has 0 fully saturated rings. The quantitative estimate of drug-likeness (QED) is 0.446. The summed E-state index contributed by atoms with van der Waals surface area (Å²) in [6.45, 7) is 6.21. The Bertz CT molecular complexity index is 908. The molecule has 1 aromatic carbocycles. The van der Waals surface area contributed by atoms with Crippen molar-refractivity contribution in [3.05, 3.63) is 59.5 Å². The molecule has 0 aliphatic rings. The molecule has 0 aliphatic carbocycles. The molecule has 2 aromatic heterocycles. The van der Waals surface area contributed by atoms with Crippen molar-refractivity contribution in [2.75, 3.05) is 5.32 Å². The van der Waals surface area contributed by atoms with Gasteiger partial charge in [-0.2, -0.15) is 0 Å². The van der Waals surface area contributed by atoms with Crippen LogP contribution in [-0.2, 0) is 11.3 Å². The van der Waals surface area contributed by atoms with E-state index >= 15 is 0 Å². The molecule has 2 heterocycles. The Kier molecular flexibility index (Phi) is 6.13. The fourth-order valence-corrected chi connectivity index (χ4v) is 4.05. The van der Waals surface area contributed by atoms with Crippen molar-refractivity contribution >= 4 is 46.3 Å². The number of anilines is 1. The van der Waals surface area contributed by atoms with Crippen molar-refractivity contribution in [2.24, 2.45) is 0 Å². The number of carbonyl (C=O) groups is 1. The topological polar surface area (TPSA) is 59.8 Å². The van der Waals surface area contributed by atoms with Gasteiger partial charge in [0.25, 0.3) is 0 Å². The highest BCUT2D eigenvalue weighted by Gasteiger charge is 2.21. The minimum atomic E-state index is -0.349. The molecule has 1 amide bonds. The molecule has 1 N–H and O–H groups in total. The van der Waals surface area contributed by atoms with Crippen molar-refractivity contribution in [3.8, 4) is 10.7 Å². The summed E-state index contributed by atoms with van der Waals surface area (Å²) in [7, 11) is 0. The van der Waals surface area contributed by atoms with Crippen LogP contribution in [0.15, 0.2) is 59.6 Å². The molecule has 0 saturated heterocycles. The van der Waals surface area contributed by atoms with Crippen molar-refractivity contribution in [1.29, 1.82) is 0 Å². The van der Waals surface area contributed by atoms with E-state index in [4.69, 9.17) is 11.6 Å². The first kappa shape index (κ1) is 18.7. The number of aromatic nitrogens is 3. The smallest absolute Gasteiger partial charge is 0.237 e. The molecule has 0 spiro atoms. The molecule has 5 nitrogen and oxygen atoms in total. The second-order valence-electron chi connectivity index (χ2n) is 5.44. The summed E-state index contributed by atoms with van der Waals surface area (Å²) < 4.78 is 1.96. The summed E-state index contributed by atoms with van der Waals surface area (Å²) in [5.74, 6) is 0.660. The van der Waals surface area contributed by atoms with Gasteiger partial charge in [-0.05, 0) is 36.6 Å². The van der Waals surface area contributed by atoms with Gasteiger partial charge in [-0.1, -0.05) is 41.6 Å². The molecule has 1 atom stereocenters. The van der Waals surface area contributed by atoms with Crippen LogP contribution in [-0.4, -0.2) is 25.9 Å². The highest BCUT2D eigenvalue weighted by molar-refractivity contribution is 8.00. The third kappa shape index (κ3) is 4.35. The summed E-state index contributed by atoms with van der Waals surface area (Å²) in [5.41, 5.74) is 0.668. The minimum absolute atomic E-state index is 0.122. The SMILES string of the molecule is C=CCn1c(SC(C)C(=O)Nc2cccc(Cl)c2)nnc1-c1cccs1. The number of thiophene rings is 1. The average molecular weight is 405 g/mol. The Morgan fingerprint density at radius 2 is 2.27 bits per heavy atom. The van der Waals surface area contributed by atoms with Crippen LogP contribution in [0.3, 0.4) is 0 Å². The number of carbonyl (C=O) groups excluding carboxylic acids is 1. The van der Waals surface area contributed by atoms with Gasteiger partial charge in [0.15, 0.2) is 11.0 Å². The monoisotopic (exact) mass is 404 g/mol. The molecule has 3 rings (SSSR count). The highest BCUT2D eigenvalue weighted by atomic mass is 35.5. The van der Waals surface area contributed by atoms with Crippen LogP contribution < -0.4 is 5.32 Å². The van der Waals surface area contributed by atoms with Crippen LogP contribution >= 0.6 is 34.7 Å². The first-order chi connectivity index (χ1) is 12.6. The van der Waals surface area contributed by atoms with E-state index in [1.807, 2.05) is 29.0 Å². The van der Waals surface area contributed by atoms with Crippen molar-refractivity contribution in [3.63, 3.8) is 0 Å². The lowest BCUT2D eigenvalue weighted by Gasteiger charge is -2.13. The van der Waals surface area contributed by atoms with Gasteiger partial charge >= 0.3 is 0 Å². The first-order valence-electron chi connectivity index (χ1n) is 7.89. The van der Waals surface area contributed by atoms with Crippen LogP contribution in [0.5, 0.6) is 0 Å². The zero-order valence-electron chi connectivity index (χ0n) is 14.1. The fourth-order valence-electron chi connectivity index (χ4n) is 2.28. The molecule has 0 saturated carbocycles. The van der Waals surface area contributed by atoms with Gasteiger partial charge in [0, 0.05) is 17.3 Å². The van der Waals surface area contributed by atoms with Gasteiger partial charge < -0.3 is 5.32 Å². The van der Waals surface area contributed by atoms with Gasteiger partial charge in [-0.25, -0.2) is 0 Å². The molecule has 0 radical (unpaired) electrons. The lowest BCUT2D eigenvalue weighted by atomic mass is 10.3. The Morgan fingerprint density at radius 1 is 1.42 bits per heavy atom. The van der Waals surface area contributed by atoms with Gasteiger partial charge in [0.05, 0.1) is 10.1 Å². The maximum absolute atomic E-state index is 12.5. The van der Waals surface area contributed by atoms with E-state index in [-0.39, 0.29) is 11.2 Å². The van der Waals surface area contributed by atoms with Gasteiger partial charge in [-0.15, -0.1) is 28.1 Å². The first-order valence-corrected chi connectivity index (χ1v) is 10.0. The number of rotatable bonds is 7. The third-order valence-electron chi connectivity index (χ3n) is 3.51. The average Bonchev–Trinajstić information content (AvgIpc) is 3.25. The summed E-state index contributed by atoms with van der Waals surface area (Å²) in [6, 6.07) is 11.0. The van der Waals surface area contributed by atoms with E-state index in [1.165, 1.54) is 11.8 Å². The largest absolute Gasteiger partial charge is 0.325 e. The number of allylic oxidation sites excluding steroid dienone is 1. The Morgan fingerprint density at radius 3 is 2.96 bits per heavy atom. The normalized spacial score (nSPS) is 11.9. The summed E-state index contributed by atoms with van der Waals surface area (Å²) in [5, 5.41) is 14.3. The highest BCUT2D eigenvalue weighted by Crippen LogP contribution is 2.29. The molecule has 26 heavy (non-hydrogen) atoms. The second kappa shape index (κ2) is 8.53. The third-order valence-corrected chi connectivity index (χ3v) is 5.70. The minimum Gasteiger partial charge on any atom is -0.325 e. The molecule has 0 aliphatic heterocycles. The maximum Gasteiger partial charge on any atom is 0.237 e. The molecular formula is C18H17ClN4OS2. The molecule has 8 heteroatoms. The molecule has 0 bridgehead atoms. The van der Waals surface area contributed by atoms with E-state index in [0.29, 0.717) is 22.4 Å². The van der Waals surface area contributed by atoms with Gasteiger partial charge in [-0.3, -0.25) is 9.36 Å². The molecule has 1 unspecified atom stereocenters. The van der Waals surface area contributed by atoms with E-state index < -0.39 is 0 Å². The van der Waals surface area contributed by atoms with E-state index in [1.54, 1.807) is 41.7 Å². The number of nitrogens with zero attached hydrogens (tertiary/aromatic N) is 3. The number of hydrogen-bond donors (Lipinski definition) is 1. The summed E-state index contributed by atoms with van der Waals surface area (Å²) in [4.78, 5) is 13.5. The lowest BCUT2D eigenvalue weighted by molar-refractivity contribution is -0.115. The number of halogens is 1. The zero-order valence-corrected chi connectivity index (χ0v) is 16.4. The van der Waals surface area contributed by atoms with Crippen molar-refractivity contribution in [1.82, 2.24) is 14.8 Å². The Labute approximate surface area is 165 Å². The Hall–Kier alpha value is -2.09. The molecule has 3 aromatic rings. The van der Waals surface area contributed by atoms with Crippen molar-refractivity contribution < 1.29 is 4.79 Å². The van der Waals surface area contributed by atoms with E-state index in [2.05, 4.69) is 22.1 Å². The number of nitrogens with one attached hydrogen (secondary N) is 1. The number of benzene rings is 1. The van der Waals surface area contributed by atoms with Crippen LogP contribution in [0.25, 0.3) is 10.7 Å². The van der Waals surface area contributed by atoms with Crippen molar-refractivity contribution in [2.45, 2.75) is 23.9 Å². The fraction of sp³-hybridized carbons (Fsp3) is 0.167. The maximum atomic E-state index is 12.5. The van der Waals surface area contributed by atoms with Crippen LogP contribution in [0.4, 0.5) is 5.69 Å². The zero-order chi connectivity index (χ0) is 18.5. The molecule has 134 valence electrons. The predicted molar refractivity (Wildman–Crippen MR) is 109 cm³/mol. The van der Waals surface area contributed by atoms with Gasteiger partial charge in [0.1, 0.15) is 0 Å².